The summed E-state index contributed by atoms with van der Waals surface area (Å²) in [6.07, 6.45) is 4.21. The number of nitrogens with one attached hydrogen (secondary N) is 1. The number of fused-ring (bicyclic) bond motifs is 1. The van der Waals surface area contributed by atoms with Crippen LogP contribution in [0.5, 0.6) is 0 Å². The zero-order chi connectivity index (χ0) is 21.1. The minimum Gasteiger partial charge on any atom is -0.349 e. The van der Waals surface area contributed by atoms with Crippen LogP contribution in [0.25, 0.3) is 0 Å². The monoisotopic (exact) mass is 424 g/mol. The van der Waals surface area contributed by atoms with Crippen molar-refractivity contribution in [1.29, 1.82) is 0 Å². The van der Waals surface area contributed by atoms with Crippen LogP contribution < -0.4 is 5.32 Å². The molecular formula is C22H24N4O3S. The molecule has 1 unspecified atom stereocenters. The van der Waals surface area contributed by atoms with Crippen molar-refractivity contribution in [1.82, 2.24) is 20.1 Å². The molecule has 8 heteroatoms. The summed E-state index contributed by atoms with van der Waals surface area (Å²) in [6, 6.07) is 16.3. The third-order valence-corrected chi connectivity index (χ3v) is 6.53. The van der Waals surface area contributed by atoms with E-state index in [2.05, 4.69) is 32.2 Å². The van der Waals surface area contributed by atoms with Crippen molar-refractivity contribution in [3.8, 4) is 0 Å². The molecule has 3 aromatic rings. The normalized spacial score (nSPS) is 16.5. The Morgan fingerprint density at radius 2 is 1.80 bits per heavy atom. The second kappa shape index (κ2) is 8.39. The largest absolute Gasteiger partial charge is 0.349 e. The van der Waals surface area contributed by atoms with Crippen LogP contribution in [-0.2, 0) is 29.2 Å². The highest BCUT2D eigenvalue weighted by molar-refractivity contribution is 7.90. The molecule has 4 rings (SSSR count). The van der Waals surface area contributed by atoms with Gasteiger partial charge in [-0.1, -0.05) is 30.3 Å². The van der Waals surface area contributed by atoms with Gasteiger partial charge >= 0.3 is 0 Å². The quantitative estimate of drug-likeness (QED) is 0.679. The number of hydrogen-bond acceptors (Lipinski definition) is 5. The van der Waals surface area contributed by atoms with E-state index in [1.54, 1.807) is 12.1 Å². The van der Waals surface area contributed by atoms with Crippen molar-refractivity contribution in [2.75, 3.05) is 6.26 Å². The van der Waals surface area contributed by atoms with Crippen molar-refractivity contribution >= 4 is 15.7 Å². The topological polar surface area (TPSA) is 93.9 Å². The molecule has 0 saturated carbocycles. The summed E-state index contributed by atoms with van der Waals surface area (Å²) >= 11 is 0. The lowest BCUT2D eigenvalue weighted by molar-refractivity contribution is 0.0933. The van der Waals surface area contributed by atoms with Crippen LogP contribution in [0.3, 0.4) is 0 Å². The third kappa shape index (κ3) is 4.59. The van der Waals surface area contributed by atoms with E-state index in [1.165, 1.54) is 17.7 Å². The van der Waals surface area contributed by atoms with Gasteiger partial charge in [0.05, 0.1) is 4.90 Å². The maximum absolute atomic E-state index is 12.6. The first-order valence-corrected chi connectivity index (χ1v) is 11.8. The van der Waals surface area contributed by atoms with Gasteiger partial charge in [0.2, 0.25) is 0 Å². The molecular weight excluding hydrogens is 400 g/mol. The predicted molar refractivity (Wildman–Crippen MR) is 113 cm³/mol. The van der Waals surface area contributed by atoms with Crippen LogP contribution in [0.15, 0.2) is 59.5 Å². The first kappa shape index (κ1) is 20.3. The van der Waals surface area contributed by atoms with Crippen LogP contribution in [0.4, 0.5) is 0 Å². The van der Waals surface area contributed by atoms with E-state index in [0.717, 1.165) is 50.1 Å². The fraction of sp³-hybridized carbons (Fsp3) is 0.318. The summed E-state index contributed by atoms with van der Waals surface area (Å²) in [7, 11) is -3.28. The minimum absolute atomic E-state index is 0.0263. The summed E-state index contributed by atoms with van der Waals surface area (Å²) in [5.74, 6) is 1.71. The number of benzene rings is 2. The Balaban J connectivity index is 1.40. The van der Waals surface area contributed by atoms with Crippen molar-refractivity contribution in [3.05, 3.63) is 77.4 Å². The molecule has 2 heterocycles. The lowest BCUT2D eigenvalue weighted by Crippen LogP contribution is -2.35. The van der Waals surface area contributed by atoms with E-state index in [1.807, 2.05) is 18.2 Å². The maximum Gasteiger partial charge on any atom is 0.251 e. The molecule has 0 fully saturated rings. The summed E-state index contributed by atoms with van der Waals surface area (Å²) < 4.78 is 25.3. The first-order valence-electron chi connectivity index (χ1n) is 9.96. The van der Waals surface area contributed by atoms with Gasteiger partial charge in [0.25, 0.3) is 5.91 Å². The molecule has 1 aromatic heterocycles. The van der Waals surface area contributed by atoms with Crippen molar-refractivity contribution in [3.63, 3.8) is 0 Å². The van der Waals surface area contributed by atoms with Crippen molar-refractivity contribution < 1.29 is 13.2 Å². The average molecular weight is 425 g/mol. The van der Waals surface area contributed by atoms with Crippen molar-refractivity contribution in [2.45, 2.75) is 43.2 Å². The predicted octanol–water partition coefficient (Wildman–Crippen LogP) is 2.41. The van der Waals surface area contributed by atoms with Gasteiger partial charge in [-0.25, -0.2) is 8.42 Å². The Morgan fingerprint density at radius 3 is 2.50 bits per heavy atom. The molecule has 0 aliphatic carbocycles. The summed E-state index contributed by atoms with van der Waals surface area (Å²) in [6.45, 7) is 0.752. The van der Waals surface area contributed by atoms with Gasteiger partial charge in [-0.15, -0.1) is 10.2 Å². The summed E-state index contributed by atoms with van der Waals surface area (Å²) in [4.78, 5) is 12.8. The smallest absolute Gasteiger partial charge is 0.251 e. The average Bonchev–Trinajstić information content (AvgIpc) is 2.99. The zero-order valence-corrected chi connectivity index (χ0v) is 17.6. The molecule has 0 radical (unpaired) electrons. The first-order chi connectivity index (χ1) is 14.4. The fourth-order valence-electron chi connectivity index (χ4n) is 3.72. The van der Waals surface area contributed by atoms with E-state index in [0.29, 0.717) is 5.56 Å². The fourth-order valence-corrected chi connectivity index (χ4v) is 4.35. The van der Waals surface area contributed by atoms with Gasteiger partial charge < -0.3 is 9.88 Å². The summed E-state index contributed by atoms with van der Waals surface area (Å²) in [5.41, 5.74) is 1.65. The number of aromatic nitrogens is 3. The van der Waals surface area contributed by atoms with Gasteiger partial charge in [-0.2, -0.15) is 0 Å². The molecule has 1 atom stereocenters. The van der Waals surface area contributed by atoms with Crippen LogP contribution in [0.1, 0.15) is 40.4 Å². The molecule has 1 aliphatic heterocycles. The highest BCUT2D eigenvalue weighted by Crippen LogP contribution is 2.18. The van der Waals surface area contributed by atoms with Gasteiger partial charge in [0.1, 0.15) is 11.6 Å². The number of hydrogen-bond donors (Lipinski definition) is 1. The van der Waals surface area contributed by atoms with Crippen LogP contribution in [-0.4, -0.2) is 41.4 Å². The lowest BCUT2D eigenvalue weighted by atomic mass is 10.1. The van der Waals surface area contributed by atoms with E-state index in [4.69, 9.17) is 0 Å². The maximum atomic E-state index is 12.6. The highest BCUT2D eigenvalue weighted by Gasteiger charge is 2.22. The van der Waals surface area contributed by atoms with Gasteiger partial charge in [-0.3, -0.25) is 4.79 Å². The zero-order valence-electron chi connectivity index (χ0n) is 16.8. The SMILES string of the molecule is CS(=O)(=O)c1ccc(C(=O)NC2CCc3nnc(Cc4ccccc4)n3CC2)cc1. The molecule has 1 aliphatic rings. The minimum atomic E-state index is -3.28. The number of aryl methyl sites for hydroxylation is 1. The molecule has 0 spiro atoms. The van der Waals surface area contributed by atoms with Gasteiger partial charge in [0, 0.05) is 37.2 Å². The Labute approximate surface area is 176 Å². The number of carbonyl (C=O) groups excluding carboxylic acids is 1. The molecule has 1 amide bonds. The van der Waals surface area contributed by atoms with Gasteiger partial charge in [0.15, 0.2) is 9.84 Å². The van der Waals surface area contributed by atoms with Crippen LogP contribution >= 0.6 is 0 Å². The molecule has 156 valence electrons. The van der Waals surface area contributed by atoms with E-state index in [9.17, 15) is 13.2 Å². The highest BCUT2D eigenvalue weighted by atomic mass is 32.2. The molecule has 30 heavy (non-hydrogen) atoms. The Hall–Kier alpha value is -3.00. The Kier molecular flexibility index (Phi) is 5.67. The van der Waals surface area contributed by atoms with E-state index in [-0.39, 0.29) is 16.8 Å². The van der Waals surface area contributed by atoms with Crippen LogP contribution in [0, 0.1) is 0 Å². The number of carbonyl (C=O) groups is 1. The Bertz CT molecular complexity index is 1140. The van der Waals surface area contributed by atoms with Crippen molar-refractivity contribution in [2.24, 2.45) is 0 Å². The molecule has 2 aromatic carbocycles. The third-order valence-electron chi connectivity index (χ3n) is 5.41. The lowest BCUT2D eigenvalue weighted by Gasteiger charge is -2.16. The van der Waals surface area contributed by atoms with E-state index < -0.39 is 9.84 Å². The number of rotatable bonds is 5. The standard InChI is InChI=1S/C22H24N4O3S/c1-30(28,29)19-10-7-17(8-11-19)22(27)23-18-9-12-20-24-25-21(26(20)14-13-18)15-16-5-3-2-4-6-16/h2-8,10-11,18H,9,12-15H2,1H3,(H,23,27). The molecule has 0 saturated heterocycles. The molecule has 7 nitrogen and oxygen atoms in total. The second-order valence-electron chi connectivity index (χ2n) is 7.64. The molecule has 0 bridgehead atoms. The number of amides is 1. The summed E-state index contributed by atoms with van der Waals surface area (Å²) in [5, 5.41) is 11.8. The number of sulfone groups is 1. The van der Waals surface area contributed by atoms with Crippen LogP contribution in [0.2, 0.25) is 0 Å². The Morgan fingerprint density at radius 1 is 1.07 bits per heavy atom. The van der Waals surface area contributed by atoms with E-state index >= 15 is 0 Å². The molecule has 1 N–H and O–H groups in total. The van der Waals surface area contributed by atoms with Gasteiger partial charge in [-0.05, 0) is 42.7 Å². The number of nitrogens with zero attached hydrogens (tertiary/aromatic N) is 3. The second-order valence-corrected chi connectivity index (χ2v) is 9.66.